The van der Waals surface area contributed by atoms with Crippen LogP contribution in [0.2, 0.25) is 0 Å². The number of nitrogens with zero attached hydrogens (tertiary/aromatic N) is 4. The summed E-state index contributed by atoms with van der Waals surface area (Å²) >= 11 is 0. The monoisotopic (exact) mass is 363 g/mol. The van der Waals surface area contributed by atoms with Crippen molar-refractivity contribution in [1.82, 2.24) is 20.2 Å². The highest BCUT2D eigenvalue weighted by Crippen LogP contribution is 2.41. The first kappa shape index (κ1) is 16.4. The lowest BCUT2D eigenvalue weighted by Crippen LogP contribution is -2.31. The molecule has 0 spiro atoms. The van der Waals surface area contributed by atoms with E-state index >= 15 is 0 Å². The molecule has 1 atom stereocenters. The first-order valence-electron chi connectivity index (χ1n) is 8.02. The summed E-state index contributed by atoms with van der Waals surface area (Å²) in [4.78, 5) is 12.6. The minimum Gasteiger partial charge on any atom is -0.493 e. The Morgan fingerprint density at radius 2 is 2.15 bits per heavy atom. The molecule has 0 fully saturated rings. The van der Waals surface area contributed by atoms with Crippen molar-refractivity contribution in [2.24, 2.45) is 0 Å². The van der Waals surface area contributed by atoms with Gasteiger partial charge in [0.2, 0.25) is 5.95 Å². The van der Waals surface area contributed by atoms with Crippen LogP contribution in [-0.2, 0) is 4.79 Å². The number of nitrogens with one attached hydrogen (secondary N) is 1. The van der Waals surface area contributed by atoms with Crippen molar-refractivity contribution in [1.29, 1.82) is 0 Å². The fraction of sp³-hybridized carbons (Fsp3) is 0.375. The first-order chi connectivity index (χ1) is 12.6. The van der Waals surface area contributed by atoms with Crippen LogP contribution < -0.4 is 14.8 Å². The Balaban J connectivity index is 1.83. The molecule has 1 aliphatic heterocycles. The number of ether oxygens (including phenoxy) is 2. The van der Waals surface area contributed by atoms with Crippen molar-refractivity contribution in [3.8, 4) is 11.5 Å². The molecule has 0 saturated carbocycles. The Morgan fingerprint density at radius 3 is 2.92 bits per heavy atom. The highest BCUT2D eigenvalue weighted by atomic mass is 19.3. The van der Waals surface area contributed by atoms with E-state index in [2.05, 4.69) is 25.6 Å². The van der Waals surface area contributed by atoms with Gasteiger partial charge in [0.15, 0.2) is 17.3 Å². The Morgan fingerprint density at radius 1 is 1.31 bits per heavy atom. The standard InChI is InChI=1S/C16H15F2N5O3/c1-25-12-7-8(5-6-11(12)26-15(17)18)14-13-9(3-2-4-10(13)24)19-16-20-21-22-23(14)16/h5-7,14-15H,2-4H2,1H3,(H,19,20,22)/t14-/m1/s1. The van der Waals surface area contributed by atoms with E-state index in [9.17, 15) is 13.6 Å². The molecule has 1 aromatic heterocycles. The number of methoxy groups -OCH3 is 1. The number of anilines is 1. The third kappa shape index (κ3) is 2.67. The summed E-state index contributed by atoms with van der Waals surface area (Å²) < 4.78 is 36.2. The number of tetrazole rings is 1. The molecule has 4 rings (SSSR count). The maximum atomic E-state index is 12.6. The number of fused-ring (bicyclic) bond motifs is 1. The van der Waals surface area contributed by atoms with Crippen molar-refractivity contribution >= 4 is 11.7 Å². The molecule has 2 aliphatic rings. The lowest BCUT2D eigenvalue weighted by molar-refractivity contribution is -0.116. The van der Waals surface area contributed by atoms with E-state index in [-0.39, 0.29) is 17.3 Å². The summed E-state index contributed by atoms with van der Waals surface area (Å²) in [7, 11) is 1.36. The molecule has 1 aliphatic carbocycles. The summed E-state index contributed by atoms with van der Waals surface area (Å²) in [6, 6.07) is 4.00. The van der Waals surface area contributed by atoms with Gasteiger partial charge in [0.05, 0.1) is 7.11 Å². The Labute approximate surface area is 146 Å². The van der Waals surface area contributed by atoms with Crippen molar-refractivity contribution in [2.75, 3.05) is 12.4 Å². The van der Waals surface area contributed by atoms with Crippen LogP contribution in [0.25, 0.3) is 0 Å². The minimum atomic E-state index is -2.96. The largest absolute Gasteiger partial charge is 0.493 e. The minimum absolute atomic E-state index is 0.0109. The summed E-state index contributed by atoms with van der Waals surface area (Å²) in [5.74, 6) is 0.495. The van der Waals surface area contributed by atoms with Gasteiger partial charge in [-0.05, 0) is 41.0 Å². The second kappa shape index (κ2) is 6.36. The van der Waals surface area contributed by atoms with Crippen molar-refractivity contribution in [3.63, 3.8) is 0 Å². The summed E-state index contributed by atoms with van der Waals surface area (Å²) in [5.41, 5.74) is 2.02. The fourth-order valence-corrected chi connectivity index (χ4v) is 3.37. The molecule has 2 aromatic rings. The zero-order valence-electron chi connectivity index (χ0n) is 13.8. The fourth-order valence-electron chi connectivity index (χ4n) is 3.37. The van der Waals surface area contributed by atoms with Gasteiger partial charge in [-0.25, -0.2) is 0 Å². The number of allylic oxidation sites excluding steroid dienone is 2. The number of hydrogen-bond donors (Lipinski definition) is 1. The van der Waals surface area contributed by atoms with Gasteiger partial charge in [-0.1, -0.05) is 11.2 Å². The number of hydrogen-bond acceptors (Lipinski definition) is 7. The molecule has 136 valence electrons. The molecule has 0 radical (unpaired) electrons. The normalized spacial score (nSPS) is 19.1. The van der Waals surface area contributed by atoms with Crippen LogP contribution in [-0.4, -0.2) is 39.7 Å². The molecule has 8 nitrogen and oxygen atoms in total. The predicted molar refractivity (Wildman–Crippen MR) is 85.1 cm³/mol. The number of ketones is 1. The molecule has 1 N–H and O–H groups in total. The van der Waals surface area contributed by atoms with E-state index in [0.29, 0.717) is 29.9 Å². The van der Waals surface area contributed by atoms with E-state index in [4.69, 9.17) is 4.74 Å². The summed E-state index contributed by atoms with van der Waals surface area (Å²) in [6.07, 6.45) is 1.91. The summed E-state index contributed by atoms with van der Waals surface area (Å²) in [6.45, 7) is -2.96. The van der Waals surface area contributed by atoms with Crippen molar-refractivity contribution in [2.45, 2.75) is 31.9 Å². The van der Waals surface area contributed by atoms with Crippen molar-refractivity contribution in [3.05, 3.63) is 35.0 Å². The third-order valence-electron chi connectivity index (χ3n) is 4.45. The number of rotatable bonds is 4. The number of Topliss-reactive ketones (excluding diaryl/α,β-unsaturated/α-hetero) is 1. The number of benzene rings is 1. The lowest BCUT2D eigenvalue weighted by Gasteiger charge is -2.31. The van der Waals surface area contributed by atoms with Crippen LogP contribution in [0.15, 0.2) is 29.5 Å². The Bertz CT molecular complexity index is 896. The van der Waals surface area contributed by atoms with Crippen LogP contribution >= 0.6 is 0 Å². The molecule has 1 aromatic carbocycles. The summed E-state index contributed by atoms with van der Waals surface area (Å²) in [5, 5.41) is 14.7. The number of carbonyl (C=O) groups excluding carboxylic acids is 1. The highest BCUT2D eigenvalue weighted by Gasteiger charge is 2.37. The maximum absolute atomic E-state index is 12.6. The van der Waals surface area contributed by atoms with Crippen LogP contribution in [0.4, 0.5) is 14.7 Å². The van der Waals surface area contributed by atoms with Crippen LogP contribution in [0, 0.1) is 0 Å². The Kier molecular flexibility index (Phi) is 4.02. The van der Waals surface area contributed by atoms with Gasteiger partial charge >= 0.3 is 6.61 Å². The van der Waals surface area contributed by atoms with E-state index in [1.165, 1.54) is 17.9 Å². The molecule has 0 amide bonds. The number of aromatic nitrogens is 4. The molecule has 0 bridgehead atoms. The van der Waals surface area contributed by atoms with Gasteiger partial charge < -0.3 is 14.8 Å². The maximum Gasteiger partial charge on any atom is 0.387 e. The van der Waals surface area contributed by atoms with Gasteiger partial charge in [-0.15, -0.1) is 0 Å². The highest BCUT2D eigenvalue weighted by molar-refractivity contribution is 5.99. The first-order valence-corrected chi connectivity index (χ1v) is 8.02. The molecule has 2 heterocycles. The van der Waals surface area contributed by atoms with Crippen LogP contribution in [0.1, 0.15) is 30.9 Å². The molecular weight excluding hydrogens is 348 g/mol. The number of carbonyl (C=O) groups is 1. The SMILES string of the molecule is COc1cc([C@@H]2C3=C(CCCC3=O)Nc3nnnn32)ccc1OC(F)F. The zero-order valence-corrected chi connectivity index (χ0v) is 13.8. The van der Waals surface area contributed by atoms with Crippen LogP contribution in [0.5, 0.6) is 11.5 Å². The Hall–Kier alpha value is -3.04. The topological polar surface area (TPSA) is 91.2 Å². The second-order valence-corrected chi connectivity index (χ2v) is 5.93. The number of alkyl halides is 2. The smallest absolute Gasteiger partial charge is 0.387 e. The molecule has 0 unspecified atom stereocenters. The van der Waals surface area contributed by atoms with Gasteiger partial charge in [0.1, 0.15) is 6.04 Å². The quantitative estimate of drug-likeness (QED) is 0.891. The van der Waals surface area contributed by atoms with Gasteiger partial charge in [0, 0.05) is 17.7 Å². The number of halogens is 2. The second-order valence-electron chi connectivity index (χ2n) is 5.93. The van der Waals surface area contributed by atoms with E-state index in [1.807, 2.05) is 0 Å². The van der Waals surface area contributed by atoms with Gasteiger partial charge in [-0.2, -0.15) is 13.5 Å². The van der Waals surface area contributed by atoms with Gasteiger partial charge in [-0.3, -0.25) is 4.79 Å². The average Bonchev–Trinajstić information content (AvgIpc) is 3.08. The molecule has 0 saturated heterocycles. The predicted octanol–water partition coefficient (Wildman–Crippen LogP) is 2.31. The molecule has 26 heavy (non-hydrogen) atoms. The molecular formula is C16H15F2N5O3. The molecule has 10 heteroatoms. The van der Waals surface area contributed by atoms with E-state index in [1.54, 1.807) is 12.1 Å². The lowest BCUT2D eigenvalue weighted by atomic mass is 9.85. The van der Waals surface area contributed by atoms with E-state index < -0.39 is 12.7 Å². The zero-order chi connectivity index (χ0) is 18.3. The average molecular weight is 363 g/mol. The van der Waals surface area contributed by atoms with Gasteiger partial charge in [0.25, 0.3) is 0 Å². The van der Waals surface area contributed by atoms with Crippen LogP contribution in [0.3, 0.4) is 0 Å². The van der Waals surface area contributed by atoms with E-state index in [0.717, 1.165) is 12.1 Å². The van der Waals surface area contributed by atoms with Crippen molar-refractivity contribution < 1.29 is 23.0 Å². The third-order valence-corrected chi connectivity index (χ3v) is 4.45.